The van der Waals surface area contributed by atoms with Gasteiger partial charge in [0.2, 0.25) is 5.91 Å². The van der Waals surface area contributed by atoms with Crippen molar-refractivity contribution in [1.29, 1.82) is 0 Å². The molecule has 9 heteroatoms. The van der Waals surface area contributed by atoms with Crippen molar-refractivity contribution in [3.63, 3.8) is 0 Å². The number of nitrogens with one attached hydrogen (secondary N) is 2. The molecule has 2 N–H and O–H groups in total. The zero-order valence-corrected chi connectivity index (χ0v) is 22.3. The van der Waals surface area contributed by atoms with E-state index in [-0.39, 0.29) is 24.5 Å². The number of anilines is 1. The lowest BCUT2D eigenvalue weighted by Gasteiger charge is -2.47. The quantitative estimate of drug-likeness (QED) is 0.583. The van der Waals surface area contributed by atoms with Gasteiger partial charge in [0, 0.05) is 36.9 Å². The van der Waals surface area contributed by atoms with E-state index < -0.39 is 11.1 Å². The van der Waals surface area contributed by atoms with Gasteiger partial charge in [-0.05, 0) is 70.0 Å². The van der Waals surface area contributed by atoms with Gasteiger partial charge in [-0.15, -0.1) is 0 Å². The molecule has 0 aromatic heterocycles. The topological polar surface area (TPSA) is 91.0 Å². The molecule has 36 heavy (non-hydrogen) atoms. The Morgan fingerprint density at radius 2 is 1.58 bits per heavy atom. The maximum Gasteiger partial charge on any atom is 0.410 e. The number of amides is 4. The summed E-state index contributed by atoms with van der Waals surface area (Å²) < 4.78 is 5.49. The van der Waals surface area contributed by atoms with Crippen LogP contribution in [-0.2, 0) is 22.5 Å². The lowest BCUT2D eigenvalue weighted by Crippen LogP contribution is -2.62. The SMILES string of the molecule is CC(C)(C)OC(=O)N1CCN(C(=O)Cc2ccc(NC(=O)NCc3ccc(Cl)cc3)cc2)C(C)(C)C1. The smallest absolute Gasteiger partial charge is 0.410 e. The Labute approximate surface area is 217 Å². The maximum atomic E-state index is 13.1. The van der Waals surface area contributed by atoms with Crippen molar-refractivity contribution >= 4 is 35.3 Å². The maximum absolute atomic E-state index is 13.1. The molecule has 4 amide bonds. The predicted octanol–water partition coefficient (Wildman–Crippen LogP) is 5.06. The number of rotatable bonds is 5. The van der Waals surface area contributed by atoms with Gasteiger partial charge in [0.1, 0.15) is 5.60 Å². The van der Waals surface area contributed by atoms with Gasteiger partial charge >= 0.3 is 12.1 Å². The normalized spacial score (nSPS) is 15.3. The molecule has 1 aliphatic rings. The van der Waals surface area contributed by atoms with Crippen LogP contribution in [0, 0.1) is 0 Å². The number of carbonyl (C=O) groups excluding carboxylic acids is 3. The molecule has 1 aliphatic heterocycles. The van der Waals surface area contributed by atoms with Crippen LogP contribution in [0.3, 0.4) is 0 Å². The van der Waals surface area contributed by atoms with Crippen molar-refractivity contribution in [2.75, 3.05) is 25.0 Å². The lowest BCUT2D eigenvalue weighted by atomic mass is 9.97. The fourth-order valence-electron chi connectivity index (χ4n) is 4.04. The Kier molecular flexibility index (Phi) is 8.51. The van der Waals surface area contributed by atoms with Crippen LogP contribution in [-0.4, -0.2) is 58.6 Å². The van der Waals surface area contributed by atoms with E-state index in [4.69, 9.17) is 16.3 Å². The molecule has 194 valence electrons. The van der Waals surface area contributed by atoms with Crippen molar-refractivity contribution in [2.45, 2.75) is 58.7 Å². The monoisotopic (exact) mass is 514 g/mol. The summed E-state index contributed by atoms with van der Waals surface area (Å²) in [6, 6.07) is 14.1. The van der Waals surface area contributed by atoms with Crippen molar-refractivity contribution in [3.05, 3.63) is 64.7 Å². The third-order valence-corrected chi connectivity index (χ3v) is 6.04. The van der Waals surface area contributed by atoms with Gasteiger partial charge in [0.05, 0.1) is 12.0 Å². The highest BCUT2D eigenvalue weighted by Gasteiger charge is 2.39. The molecule has 0 aliphatic carbocycles. The largest absolute Gasteiger partial charge is 0.444 e. The average Bonchev–Trinajstić information content (AvgIpc) is 2.78. The number of urea groups is 1. The van der Waals surface area contributed by atoms with E-state index in [1.807, 2.05) is 63.8 Å². The zero-order valence-electron chi connectivity index (χ0n) is 21.6. The third-order valence-electron chi connectivity index (χ3n) is 5.79. The number of hydrogen-bond acceptors (Lipinski definition) is 4. The Morgan fingerprint density at radius 1 is 0.972 bits per heavy atom. The van der Waals surface area contributed by atoms with Gasteiger partial charge in [-0.3, -0.25) is 4.79 Å². The molecule has 3 rings (SSSR count). The van der Waals surface area contributed by atoms with Crippen LogP contribution in [0.1, 0.15) is 45.7 Å². The van der Waals surface area contributed by atoms with Crippen LogP contribution < -0.4 is 10.6 Å². The third kappa shape index (κ3) is 7.88. The first kappa shape index (κ1) is 27.3. The molecular weight excluding hydrogens is 480 g/mol. The number of ether oxygens (including phenoxy) is 1. The molecule has 8 nitrogen and oxygen atoms in total. The Bertz CT molecular complexity index is 1080. The minimum atomic E-state index is -0.563. The molecule has 2 aromatic rings. The Balaban J connectivity index is 1.50. The van der Waals surface area contributed by atoms with E-state index in [0.717, 1.165) is 11.1 Å². The van der Waals surface area contributed by atoms with Gasteiger partial charge in [-0.1, -0.05) is 35.9 Å². The molecule has 0 saturated carbocycles. The summed E-state index contributed by atoms with van der Waals surface area (Å²) in [5.41, 5.74) is 1.34. The summed E-state index contributed by atoms with van der Waals surface area (Å²) in [4.78, 5) is 41.2. The van der Waals surface area contributed by atoms with Crippen LogP contribution >= 0.6 is 11.6 Å². The summed E-state index contributed by atoms with van der Waals surface area (Å²) in [5, 5.41) is 6.24. The minimum absolute atomic E-state index is 0.00902. The molecule has 1 saturated heterocycles. The molecule has 0 atom stereocenters. The van der Waals surface area contributed by atoms with Crippen LogP contribution in [0.4, 0.5) is 15.3 Å². The fourth-order valence-corrected chi connectivity index (χ4v) is 4.16. The van der Waals surface area contributed by atoms with Gasteiger partial charge in [-0.25, -0.2) is 9.59 Å². The second-order valence-corrected chi connectivity index (χ2v) is 11.0. The van der Waals surface area contributed by atoms with Gasteiger partial charge in [-0.2, -0.15) is 0 Å². The summed E-state index contributed by atoms with van der Waals surface area (Å²) in [6.45, 7) is 11.1. The van der Waals surface area contributed by atoms with Crippen molar-refractivity contribution in [1.82, 2.24) is 15.1 Å². The standard InChI is InChI=1S/C27H35ClN4O4/c1-26(2,3)36-25(35)31-14-15-32(27(4,5)18-31)23(33)16-19-8-12-22(13-9-19)30-24(34)29-17-20-6-10-21(28)11-7-20/h6-13H,14-18H2,1-5H3,(H2,29,30,34). The molecule has 0 unspecified atom stereocenters. The summed E-state index contributed by atoms with van der Waals surface area (Å²) >= 11 is 5.88. The summed E-state index contributed by atoms with van der Waals surface area (Å²) in [7, 11) is 0. The van der Waals surface area contributed by atoms with E-state index in [2.05, 4.69) is 10.6 Å². The minimum Gasteiger partial charge on any atom is -0.444 e. The summed E-state index contributed by atoms with van der Waals surface area (Å²) in [6.07, 6.45) is -0.123. The molecule has 1 heterocycles. The average molecular weight is 515 g/mol. The predicted molar refractivity (Wildman–Crippen MR) is 141 cm³/mol. The lowest BCUT2D eigenvalue weighted by molar-refractivity contribution is -0.139. The number of halogens is 1. The van der Waals surface area contributed by atoms with Crippen molar-refractivity contribution in [3.8, 4) is 0 Å². The van der Waals surface area contributed by atoms with Gasteiger partial charge < -0.3 is 25.2 Å². The van der Waals surface area contributed by atoms with Crippen LogP contribution in [0.25, 0.3) is 0 Å². The first-order valence-electron chi connectivity index (χ1n) is 12.0. The number of hydrogen-bond donors (Lipinski definition) is 2. The van der Waals surface area contributed by atoms with Gasteiger partial charge in [0.15, 0.2) is 0 Å². The first-order chi connectivity index (χ1) is 16.8. The van der Waals surface area contributed by atoms with E-state index in [0.29, 0.717) is 36.9 Å². The number of benzene rings is 2. The molecular formula is C27H35ClN4O4. The molecule has 1 fully saturated rings. The summed E-state index contributed by atoms with van der Waals surface area (Å²) in [5.74, 6) is -0.00902. The highest BCUT2D eigenvalue weighted by atomic mass is 35.5. The van der Waals surface area contributed by atoms with Crippen molar-refractivity contribution in [2.24, 2.45) is 0 Å². The number of nitrogens with zero attached hydrogens (tertiary/aromatic N) is 2. The molecule has 0 bridgehead atoms. The Hall–Kier alpha value is -3.26. The van der Waals surface area contributed by atoms with E-state index in [9.17, 15) is 14.4 Å². The van der Waals surface area contributed by atoms with Crippen LogP contribution in [0.2, 0.25) is 5.02 Å². The fraction of sp³-hybridized carbons (Fsp3) is 0.444. The van der Waals surface area contributed by atoms with E-state index in [1.165, 1.54) is 0 Å². The second kappa shape index (κ2) is 11.2. The first-order valence-corrected chi connectivity index (χ1v) is 12.4. The molecule has 2 aromatic carbocycles. The highest BCUT2D eigenvalue weighted by molar-refractivity contribution is 6.30. The van der Waals surface area contributed by atoms with Gasteiger partial charge in [0.25, 0.3) is 0 Å². The van der Waals surface area contributed by atoms with Crippen LogP contribution in [0.5, 0.6) is 0 Å². The van der Waals surface area contributed by atoms with E-state index >= 15 is 0 Å². The molecule has 0 radical (unpaired) electrons. The van der Waals surface area contributed by atoms with Crippen LogP contribution in [0.15, 0.2) is 48.5 Å². The highest BCUT2D eigenvalue weighted by Crippen LogP contribution is 2.24. The molecule has 0 spiro atoms. The second-order valence-electron chi connectivity index (χ2n) is 10.6. The Morgan fingerprint density at radius 3 is 2.17 bits per heavy atom. The number of piperazine rings is 1. The van der Waals surface area contributed by atoms with Crippen molar-refractivity contribution < 1.29 is 19.1 Å². The van der Waals surface area contributed by atoms with E-state index in [1.54, 1.807) is 29.2 Å². The number of carbonyl (C=O) groups is 3. The zero-order chi connectivity index (χ0) is 26.5.